The molecule has 0 radical (unpaired) electrons. The summed E-state index contributed by atoms with van der Waals surface area (Å²) in [7, 11) is 0. The van der Waals surface area contributed by atoms with Gasteiger partial charge in [-0.15, -0.1) is 0 Å². The van der Waals surface area contributed by atoms with E-state index in [-0.39, 0.29) is 12.3 Å². The zero-order valence-electron chi connectivity index (χ0n) is 12.5. The number of piperidine rings is 1. The van der Waals surface area contributed by atoms with Crippen molar-refractivity contribution in [3.63, 3.8) is 0 Å². The second-order valence-corrected chi connectivity index (χ2v) is 6.33. The summed E-state index contributed by atoms with van der Waals surface area (Å²) >= 11 is 0. The second kappa shape index (κ2) is 4.91. The Morgan fingerprint density at radius 2 is 2.09 bits per heavy atom. The summed E-state index contributed by atoms with van der Waals surface area (Å²) in [6.07, 6.45) is 0.416. The van der Waals surface area contributed by atoms with Crippen molar-refractivity contribution in [3.8, 4) is 0 Å². The fraction of sp³-hybridized carbons (Fsp3) is 0.438. The van der Waals surface area contributed by atoms with E-state index in [2.05, 4.69) is 5.32 Å². The van der Waals surface area contributed by atoms with E-state index in [0.717, 1.165) is 11.8 Å². The number of rotatable bonds is 2. The molecule has 2 N–H and O–H groups in total. The van der Waals surface area contributed by atoms with Gasteiger partial charge in [-0.2, -0.15) is 0 Å². The third kappa shape index (κ3) is 1.94. The molecule has 2 aliphatic heterocycles. The molecule has 1 aromatic carbocycles. The first kappa shape index (κ1) is 14.7. The molecule has 0 spiro atoms. The number of nitrogens with one attached hydrogen (secondary N) is 1. The van der Waals surface area contributed by atoms with Gasteiger partial charge in [0.2, 0.25) is 11.8 Å². The highest BCUT2D eigenvalue weighted by atomic mass is 16.3. The lowest BCUT2D eigenvalue weighted by atomic mass is 9.82. The van der Waals surface area contributed by atoms with Gasteiger partial charge in [0.25, 0.3) is 0 Å². The van der Waals surface area contributed by atoms with Crippen LogP contribution in [0.15, 0.2) is 18.2 Å². The molecule has 1 aromatic rings. The molecule has 6 heteroatoms. The zero-order chi connectivity index (χ0) is 16.1. The number of hydrogen-bond donors (Lipinski definition) is 2. The molecule has 2 aliphatic rings. The van der Waals surface area contributed by atoms with E-state index in [9.17, 15) is 19.5 Å². The van der Waals surface area contributed by atoms with Crippen LogP contribution in [0.1, 0.15) is 42.6 Å². The van der Waals surface area contributed by atoms with Gasteiger partial charge in [0.05, 0.1) is 0 Å². The normalized spacial score (nSPS) is 26.6. The number of benzene rings is 1. The first-order valence-electron chi connectivity index (χ1n) is 7.26. The summed E-state index contributed by atoms with van der Waals surface area (Å²) < 4.78 is 0. The van der Waals surface area contributed by atoms with Gasteiger partial charge < -0.3 is 10.0 Å². The van der Waals surface area contributed by atoms with Crippen LogP contribution in [0, 0.1) is 0 Å². The fourth-order valence-electron chi connectivity index (χ4n) is 3.47. The molecular formula is C16H18N2O4. The minimum absolute atomic E-state index is 0.239. The molecule has 0 aliphatic carbocycles. The van der Waals surface area contributed by atoms with Crippen molar-refractivity contribution in [3.05, 3.63) is 29.3 Å². The largest absolute Gasteiger partial charge is 0.373 e. The van der Waals surface area contributed by atoms with Crippen LogP contribution in [0.2, 0.25) is 0 Å². The Morgan fingerprint density at radius 3 is 2.73 bits per heavy atom. The first-order chi connectivity index (χ1) is 10.4. The highest BCUT2D eigenvalue weighted by molar-refractivity contribution is 6.02. The second-order valence-electron chi connectivity index (χ2n) is 6.33. The monoisotopic (exact) mass is 302 g/mol. The van der Waals surface area contributed by atoms with E-state index in [1.54, 1.807) is 23.1 Å². The number of carbonyl (C=O) groups is 3. The van der Waals surface area contributed by atoms with Gasteiger partial charge in [-0.05, 0) is 18.1 Å². The van der Waals surface area contributed by atoms with E-state index < -0.39 is 23.6 Å². The van der Waals surface area contributed by atoms with Crippen LogP contribution in [-0.2, 0) is 15.0 Å². The molecule has 1 fully saturated rings. The molecule has 6 nitrogen and oxygen atoms in total. The van der Waals surface area contributed by atoms with Crippen molar-refractivity contribution in [2.75, 3.05) is 4.90 Å². The summed E-state index contributed by atoms with van der Waals surface area (Å²) in [6.45, 7) is 3.69. The number of carbonyl (C=O) groups excluding carboxylic acids is 3. The Hall–Kier alpha value is -2.21. The number of amides is 2. The Morgan fingerprint density at radius 1 is 1.36 bits per heavy atom. The summed E-state index contributed by atoms with van der Waals surface area (Å²) in [5.74, 6) is -0.702. The molecule has 1 saturated heterocycles. The molecule has 0 saturated carbocycles. The van der Waals surface area contributed by atoms with Crippen LogP contribution >= 0.6 is 0 Å². The van der Waals surface area contributed by atoms with E-state index in [0.29, 0.717) is 17.7 Å². The Kier molecular flexibility index (Phi) is 3.29. The molecule has 2 amide bonds. The lowest BCUT2D eigenvalue weighted by Crippen LogP contribution is -2.56. The smallest absolute Gasteiger partial charge is 0.249 e. The van der Waals surface area contributed by atoms with Gasteiger partial charge >= 0.3 is 0 Å². The van der Waals surface area contributed by atoms with E-state index in [1.165, 1.54) is 0 Å². The number of anilines is 1. The van der Waals surface area contributed by atoms with Crippen molar-refractivity contribution < 1.29 is 19.5 Å². The summed E-state index contributed by atoms with van der Waals surface area (Å²) in [4.78, 5) is 36.4. The molecule has 0 aromatic heterocycles. The molecule has 116 valence electrons. The minimum atomic E-state index is -0.937. The van der Waals surface area contributed by atoms with Gasteiger partial charge in [-0.25, -0.2) is 0 Å². The maximum Gasteiger partial charge on any atom is 0.249 e. The van der Waals surface area contributed by atoms with Crippen molar-refractivity contribution in [2.45, 2.75) is 44.4 Å². The maximum absolute atomic E-state index is 12.2. The van der Waals surface area contributed by atoms with Crippen molar-refractivity contribution in [1.82, 2.24) is 5.32 Å². The van der Waals surface area contributed by atoms with Crippen LogP contribution in [0.25, 0.3) is 0 Å². The Balaban J connectivity index is 2.10. The summed E-state index contributed by atoms with van der Waals surface area (Å²) in [5, 5.41) is 13.1. The number of aliphatic hydroxyl groups is 1. The molecule has 22 heavy (non-hydrogen) atoms. The molecule has 2 heterocycles. The van der Waals surface area contributed by atoms with Gasteiger partial charge in [0.1, 0.15) is 18.6 Å². The van der Waals surface area contributed by atoms with Crippen LogP contribution in [0.4, 0.5) is 5.69 Å². The standard InChI is InChI=1S/C16H18N2O4/c1-16(2)13-9(8-19)4-3-5-10(13)18(15(16)22)11-6-7-12(20)17-14(11)21/h3-5,8,11,15,22H,6-7H2,1-2H3,(H,17,20,21). The third-order valence-corrected chi connectivity index (χ3v) is 4.58. The van der Waals surface area contributed by atoms with Crippen molar-refractivity contribution in [2.24, 2.45) is 0 Å². The maximum atomic E-state index is 12.2. The van der Waals surface area contributed by atoms with Gasteiger partial charge in [-0.3, -0.25) is 19.7 Å². The van der Waals surface area contributed by atoms with Gasteiger partial charge in [0, 0.05) is 23.1 Å². The van der Waals surface area contributed by atoms with E-state index in [1.807, 2.05) is 13.8 Å². The van der Waals surface area contributed by atoms with Crippen molar-refractivity contribution >= 4 is 23.8 Å². The summed E-state index contributed by atoms with van der Waals surface area (Å²) in [5.41, 5.74) is 1.24. The molecular weight excluding hydrogens is 284 g/mol. The predicted molar refractivity (Wildman–Crippen MR) is 79.5 cm³/mol. The van der Waals surface area contributed by atoms with E-state index in [4.69, 9.17) is 0 Å². The number of hydrogen-bond acceptors (Lipinski definition) is 5. The van der Waals surface area contributed by atoms with Crippen LogP contribution in [-0.4, -0.2) is 35.5 Å². The summed E-state index contributed by atoms with van der Waals surface area (Å²) in [6, 6.07) is 4.61. The van der Waals surface area contributed by atoms with Crippen LogP contribution in [0.5, 0.6) is 0 Å². The average Bonchev–Trinajstić information content (AvgIpc) is 2.68. The molecule has 3 rings (SSSR count). The number of aldehydes is 1. The quantitative estimate of drug-likeness (QED) is 0.621. The fourth-order valence-corrected chi connectivity index (χ4v) is 3.47. The first-order valence-corrected chi connectivity index (χ1v) is 7.26. The van der Waals surface area contributed by atoms with Crippen LogP contribution in [0.3, 0.4) is 0 Å². The van der Waals surface area contributed by atoms with Gasteiger partial charge in [-0.1, -0.05) is 26.0 Å². The third-order valence-electron chi connectivity index (χ3n) is 4.58. The topological polar surface area (TPSA) is 86.7 Å². The Bertz CT molecular complexity index is 668. The zero-order valence-corrected chi connectivity index (χ0v) is 12.5. The number of aliphatic hydroxyl groups excluding tert-OH is 1. The molecule has 2 atom stereocenters. The molecule has 2 unspecified atom stereocenters. The lowest BCUT2D eigenvalue weighted by molar-refractivity contribution is -0.134. The Labute approximate surface area is 128 Å². The number of imide groups is 1. The molecule has 0 bridgehead atoms. The van der Waals surface area contributed by atoms with E-state index >= 15 is 0 Å². The van der Waals surface area contributed by atoms with Crippen molar-refractivity contribution in [1.29, 1.82) is 0 Å². The number of nitrogens with zero attached hydrogens (tertiary/aromatic N) is 1. The minimum Gasteiger partial charge on any atom is -0.373 e. The SMILES string of the molecule is CC1(C)c2c(C=O)cccc2N(C2CCC(=O)NC2=O)C1O. The van der Waals surface area contributed by atoms with Gasteiger partial charge in [0.15, 0.2) is 0 Å². The predicted octanol–water partition coefficient (Wildman–Crippen LogP) is 0.720. The van der Waals surface area contributed by atoms with Crippen LogP contribution < -0.4 is 10.2 Å². The average molecular weight is 302 g/mol. The number of fused-ring (bicyclic) bond motifs is 1. The highest BCUT2D eigenvalue weighted by Crippen LogP contribution is 2.47. The lowest BCUT2D eigenvalue weighted by Gasteiger charge is -2.36. The highest BCUT2D eigenvalue weighted by Gasteiger charge is 2.49.